The van der Waals surface area contributed by atoms with Gasteiger partial charge in [-0.1, -0.05) is 44.9 Å². The van der Waals surface area contributed by atoms with E-state index in [1.807, 2.05) is 12.3 Å². The number of rotatable bonds is 13. The van der Waals surface area contributed by atoms with E-state index >= 15 is 0 Å². The first-order valence-corrected chi connectivity index (χ1v) is 11.9. The normalized spacial score (nSPS) is 17.1. The molecule has 3 heterocycles. The molecule has 0 unspecified atom stereocenters. The van der Waals surface area contributed by atoms with Gasteiger partial charge in [-0.3, -0.25) is 9.69 Å². The number of fused-ring (bicyclic) bond motifs is 1. The number of pyridine rings is 1. The van der Waals surface area contributed by atoms with Gasteiger partial charge < -0.3 is 16.0 Å². The molecule has 2 aromatic rings. The van der Waals surface area contributed by atoms with E-state index in [0.29, 0.717) is 18.3 Å². The van der Waals surface area contributed by atoms with Gasteiger partial charge in [-0.15, -0.1) is 0 Å². The number of H-pyrrole nitrogens is 1. The number of amides is 1. The van der Waals surface area contributed by atoms with Crippen molar-refractivity contribution < 1.29 is 4.79 Å². The van der Waals surface area contributed by atoms with Crippen molar-refractivity contribution in [2.24, 2.45) is 5.73 Å². The molecule has 1 saturated heterocycles. The zero-order valence-electron chi connectivity index (χ0n) is 18.6. The van der Waals surface area contributed by atoms with Gasteiger partial charge in [0.05, 0.1) is 5.52 Å². The highest BCUT2D eigenvalue weighted by molar-refractivity contribution is 5.92. The largest absolute Gasteiger partial charge is 0.357 e. The summed E-state index contributed by atoms with van der Waals surface area (Å²) in [5.41, 5.74) is 7.80. The second-order valence-corrected chi connectivity index (χ2v) is 8.79. The molecule has 1 amide bonds. The van der Waals surface area contributed by atoms with Crippen molar-refractivity contribution in [2.75, 3.05) is 25.5 Å². The van der Waals surface area contributed by atoms with E-state index in [1.165, 1.54) is 57.1 Å². The number of anilines is 1. The van der Waals surface area contributed by atoms with Crippen LogP contribution in [-0.4, -0.2) is 40.9 Å². The first-order chi connectivity index (χ1) is 14.7. The minimum atomic E-state index is 0.0611. The van der Waals surface area contributed by atoms with Gasteiger partial charge in [-0.25, -0.2) is 4.98 Å². The van der Waals surface area contributed by atoms with Gasteiger partial charge >= 0.3 is 0 Å². The molecule has 0 saturated carbocycles. The molecule has 0 radical (unpaired) electrons. The number of carbonyl (C=O) groups is 1. The molecule has 0 bridgehead atoms. The lowest BCUT2D eigenvalue weighted by atomic mass is 10.1. The monoisotopic (exact) mass is 413 g/mol. The molecule has 1 aliphatic heterocycles. The Bertz CT molecular complexity index is 787. The van der Waals surface area contributed by atoms with Crippen molar-refractivity contribution in [1.82, 2.24) is 14.9 Å². The lowest BCUT2D eigenvalue weighted by Gasteiger charge is -2.17. The van der Waals surface area contributed by atoms with E-state index in [2.05, 4.69) is 33.3 Å². The number of likely N-dealkylation sites (tertiary alicyclic amines) is 1. The van der Waals surface area contributed by atoms with Crippen LogP contribution in [0, 0.1) is 0 Å². The molecular weight excluding hydrogens is 374 g/mol. The van der Waals surface area contributed by atoms with E-state index < -0.39 is 0 Å². The highest BCUT2D eigenvalue weighted by atomic mass is 16.1. The number of unbranched alkanes of at least 4 members (excludes halogenated alkanes) is 8. The van der Waals surface area contributed by atoms with Crippen molar-refractivity contribution in [2.45, 2.75) is 83.1 Å². The third-order valence-electron chi connectivity index (χ3n) is 6.28. The summed E-state index contributed by atoms with van der Waals surface area (Å²) in [5.74, 6) is 0.698. The summed E-state index contributed by atoms with van der Waals surface area (Å²) in [4.78, 5) is 22.6. The topological polar surface area (TPSA) is 87.0 Å². The van der Waals surface area contributed by atoms with Gasteiger partial charge in [0.15, 0.2) is 0 Å². The first kappa shape index (κ1) is 22.8. The van der Waals surface area contributed by atoms with Crippen molar-refractivity contribution in [3.8, 4) is 0 Å². The maximum Gasteiger partial charge on any atom is 0.225 e. The van der Waals surface area contributed by atoms with Crippen LogP contribution in [0.3, 0.4) is 0 Å². The molecule has 2 aromatic heterocycles. The summed E-state index contributed by atoms with van der Waals surface area (Å²) in [7, 11) is 2.18. The Morgan fingerprint density at radius 2 is 1.83 bits per heavy atom. The van der Waals surface area contributed by atoms with Gasteiger partial charge in [0.1, 0.15) is 5.82 Å². The molecule has 30 heavy (non-hydrogen) atoms. The number of hydrogen-bond acceptors (Lipinski definition) is 4. The Hall–Kier alpha value is -1.92. The fourth-order valence-corrected chi connectivity index (χ4v) is 4.47. The third kappa shape index (κ3) is 6.81. The average Bonchev–Trinajstić information content (AvgIpc) is 3.34. The van der Waals surface area contributed by atoms with Gasteiger partial charge in [-0.05, 0) is 51.9 Å². The predicted molar refractivity (Wildman–Crippen MR) is 125 cm³/mol. The van der Waals surface area contributed by atoms with Gasteiger partial charge in [0.25, 0.3) is 0 Å². The van der Waals surface area contributed by atoms with Crippen LogP contribution in [0.15, 0.2) is 18.3 Å². The first-order valence-electron chi connectivity index (χ1n) is 11.9. The van der Waals surface area contributed by atoms with E-state index in [4.69, 9.17) is 5.73 Å². The number of nitrogens with zero attached hydrogens (tertiary/aromatic N) is 2. The minimum Gasteiger partial charge on any atom is -0.357 e. The summed E-state index contributed by atoms with van der Waals surface area (Å²) < 4.78 is 0. The van der Waals surface area contributed by atoms with Crippen LogP contribution >= 0.6 is 0 Å². The molecular formula is C24H39N5O. The second-order valence-electron chi connectivity index (χ2n) is 8.79. The van der Waals surface area contributed by atoms with Crippen LogP contribution in [0.5, 0.6) is 0 Å². The smallest absolute Gasteiger partial charge is 0.225 e. The average molecular weight is 414 g/mol. The number of nitrogens with two attached hydrogens (primary N) is 1. The van der Waals surface area contributed by atoms with Crippen molar-refractivity contribution in [1.29, 1.82) is 0 Å². The summed E-state index contributed by atoms with van der Waals surface area (Å²) in [6.07, 6.45) is 15.7. The van der Waals surface area contributed by atoms with E-state index in [0.717, 1.165) is 43.3 Å². The van der Waals surface area contributed by atoms with Crippen molar-refractivity contribution in [3.05, 3.63) is 24.0 Å². The Kier molecular flexibility index (Phi) is 9.15. The van der Waals surface area contributed by atoms with Crippen LogP contribution < -0.4 is 11.1 Å². The van der Waals surface area contributed by atoms with Gasteiger partial charge in [0.2, 0.25) is 5.91 Å². The molecule has 0 spiro atoms. The molecule has 1 atom stereocenters. The zero-order valence-corrected chi connectivity index (χ0v) is 18.6. The molecule has 166 valence electrons. The number of nitrogens with one attached hydrogen (secondary N) is 2. The zero-order chi connectivity index (χ0) is 21.2. The second kappa shape index (κ2) is 12.1. The Morgan fingerprint density at radius 1 is 1.13 bits per heavy atom. The summed E-state index contributed by atoms with van der Waals surface area (Å²) in [5, 5.41) is 4.06. The maximum atomic E-state index is 12.3. The van der Waals surface area contributed by atoms with Crippen LogP contribution in [0.25, 0.3) is 10.9 Å². The van der Waals surface area contributed by atoms with Gasteiger partial charge in [-0.2, -0.15) is 0 Å². The molecule has 6 heteroatoms. The van der Waals surface area contributed by atoms with E-state index in [-0.39, 0.29) is 5.91 Å². The maximum absolute atomic E-state index is 12.3. The number of hydrogen-bond donors (Lipinski definition) is 3. The molecule has 0 aliphatic carbocycles. The third-order valence-corrected chi connectivity index (χ3v) is 6.28. The Balaban J connectivity index is 1.35. The van der Waals surface area contributed by atoms with Crippen LogP contribution in [0.1, 0.15) is 88.8 Å². The van der Waals surface area contributed by atoms with Crippen LogP contribution in [0.4, 0.5) is 5.82 Å². The molecule has 1 aliphatic rings. The quantitative estimate of drug-likeness (QED) is 0.397. The molecule has 1 fully saturated rings. The number of aromatic nitrogens is 2. The summed E-state index contributed by atoms with van der Waals surface area (Å²) >= 11 is 0. The number of carbonyl (C=O) groups excluding carboxylic acids is 1. The molecule has 6 nitrogen and oxygen atoms in total. The highest BCUT2D eigenvalue weighted by Gasteiger charge is 2.24. The van der Waals surface area contributed by atoms with Crippen LogP contribution in [-0.2, 0) is 4.79 Å². The lowest BCUT2D eigenvalue weighted by molar-refractivity contribution is -0.116. The van der Waals surface area contributed by atoms with E-state index in [1.54, 1.807) is 0 Å². The Morgan fingerprint density at radius 3 is 2.50 bits per heavy atom. The van der Waals surface area contributed by atoms with Crippen molar-refractivity contribution in [3.63, 3.8) is 0 Å². The fraction of sp³-hybridized carbons (Fsp3) is 0.667. The van der Waals surface area contributed by atoms with Crippen molar-refractivity contribution >= 4 is 22.6 Å². The SMILES string of the molecule is CN1CCC[C@@H]1c1cc2cnc(NC(=O)CCCCCCCCCCCN)cc2[nH]1. The fourth-order valence-electron chi connectivity index (χ4n) is 4.47. The predicted octanol–water partition coefficient (Wildman–Crippen LogP) is 5.13. The summed E-state index contributed by atoms with van der Waals surface area (Å²) in [6, 6.07) is 4.61. The van der Waals surface area contributed by atoms with Crippen LogP contribution in [0.2, 0.25) is 0 Å². The molecule has 4 N–H and O–H groups in total. The summed E-state index contributed by atoms with van der Waals surface area (Å²) in [6.45, 7) is 1.96. The van der Waals surface area contributed by atoms with Gasteiger partial charge in [0, 0.05) is 35.8 Å². The lowest BCUT2D eigenvalue weighted by Crippen LogP contribution is -2.17. The number of aromatic amines is 1. The molecule has 3 rings (SSSR count). The minimum absolute atomic E-state index is 0.0611. The Labute approximate surface area is 181 Å². The van der Waals surface area contributed by atoms with E-state index in [9.17, 15) is 4.79 Å². The standard InChI is InChI=1S/C24H39N5O/c1-29-15-11-12-22(29)21-16-19-18-26-23(17-20(19)27-21)28-24(30)13-9-7-5-3-2-4-6-8-10-14-25/h16-18,22,27H,2-15,25H2,1H3,(H,26,28,30)/t22-/m1/s1. The highest BCUT2D eigenvalue weighted by Crippen LogP contribution is 2.32. The molecule has 0 aromatic carbocycles.